The molecule has 2 aromatic carbocycles. The summed E-state index contributed by atoms with van der Waals surface area (Å²) >= 11 is 0. The number of aryl methyl sites for hydroxylation is 2. The predicted molar refractivity (Wildman–Crippen MR) is 108 cm³/mol. The summed E-state index contributed by atoms with van der Waals surface area (Å²) in [5, 5.41) is 0.944. The van der Waals surface area contributed by atoms with Crippen LogP contribution in [0.2, 0.25) is 0 Å². The van der Waals surface area contributed by atoms with E-state index in [1.807, 2.05) is 37.3 Å². The van der Waals surface area contributed by atoms with Crippen LogP contribution in [0.4, 0.5) is 0 Å². The number of likely N-dealkylation sites (N-methyl/N-ethyl adjacent to an activating group) is 1. The van der Waals surface area contributed by atoms with Crippen LogP contribution < -0.4 is 0 Å². The maximum atomic E-state index is 12.6. The first kappa shape index (κ1) is 18.3. The number of aromatic nitrogens is 1. The smallest absolute Gasteiger partial charge is 0.355 e. The molecule has 5 nitrogen and oxygen atoms in total. The molecule has 0 bridgehead atoms. The number of H-pyrrole nitrogens is 1. The molecule has 0 fully saturated rings. The average molecular weight is 376 g/mol. The topological polar surface area (TPSA) is 62.4 Å². The number of ether oxygens (including phenoxy) is 1. The maximum absolute atomic E-state index is 12.6. The Morgan fingerprint density at radius 1 is 1.18 bits per heavy atom. The Morgan fingerprint density at radius 2 is 2.00 bits per heavy atom. The number of carbonyl (C=O) groups is 2. The molecule has 1 aliphatic rings. The minimum Gasteiger partial charge on any atom is -0.451 e. The summed E-state index contributed by atoms with van der Waals surface area (Å²) in [7, 11) is 1.79. The third-order valence-corrected chi connectivity index (χ3v) is 5.52. The Bertz CT molecular complexity index is 1040. The number of nitrogens with zero attached hydrogens (tertiary/aromatic N) is 1. The van der Waals surface area contributed by atoms with Gasteiger partial charge in [0.2, 0.25) is 0 Å². The van der Waals surface area contributed by atoms with Crippen molar-refractivity contribution < 1.29 is 14.3 Å². The number of hydrogen-bond donors (Lipinski definition) is 1. The van der Waals surface area contributed by atoms with Gasteiger partial charge in [0.05, 0.1) is 6.04 Å². The molecule has 1 N–H and O–H groups in total. The van der Waals surface area contributed by atoms with Crippen LogP contribution in [0.25, 0.3) is 10.9 Å². The molecule has 28 heavy (non-hydrogen) atoms. The summed E-state index contributed by atoms with van der Waals surface area (Å²) in [5.41, 5.74) is 4.85. The standard InChI is InChI=1S/C23H24N2O3/c1-15-10-11-17-13-20(24-19(17)12-15)23(27)28-14-22(26)25(2)21-9-5-7-16-6-3-4-8-18(16)21/h3-4,6,8,10-13,21,24H,5,7,9,14H2,1-2H3/t21-/m1/s1. The zero-order valence-corrected chi connectivity index (χ0v) is 16.2. The Labute approximate surface area is 164 Å². The highest BCUT2D eigenvalue weighted by Crippen LogP contribution is 2.33. The van der Waals surface area contributed by atoms with Gasteiger partial charge < -0.3 is 14.6 Å². The molecule has 0 spiro atoms. The van der Waals surface area contributed by atoms with Crippen molar-refractivity contribution in [3.63, 3.8) is 0 Å². The summed E-state index contributed by atoms with van der Waals surface area (Å²) in [6.07, 6.45) is 3.02. The number of amides is 1. The van der Waals surface area contributed by atoms with Gasteiger partial charge in [-0.2, -0.15) is 0 Å². The van der Waals surface area contributed by atoms with Crippen LogP contribution in [0.1, 0.15) is 46.1 Å². The zero-order valence-electron chi connectivity index (χ0n) is 16.2. The van der Waals surface area contributed by atoms with Gasteiger partial charge in [-0.15, -0.1) is 0 Å². The lowest BCUT2D eigenvalue weighted by molar-refractivity contribution is -0.135. The van der Waals surface area contributed by atoms with Crippen molar-refractivity contribution in [3.05, 3.63) is 70.9 Å². The molecule has 5 heteroatoms. The van der Waals surface area contributed by atoms with Gasteiger partial charge in [0.25, 0.3) is 5.91 Å². The summed E-state index contributed by atoms with van der Waals surface area (Å²) in [6, 6.07) is 16.0. The van der Waals surface area contributed by atoms with Crippen molar-refractivity contribution in [2.75, 3.05) is 13.7 Å². The predicted octanol–water partition coefficient (Wildman–Crippen LogP) is 4.17. The van der Waals surface area contributed by atoms with E-state index in [0.717, 1.165) is 35.7 Å². The minimum absolute atomic E-state index is 0.0344. The van der Waals surface area contributed by atoms with Crippen molar-refractivity contribution in [3.8, 4) is 0 Å². The normalized spacial score (nSPS) is 15.9. The van der Waals surface area contributed by atoms with E-state index >= 15 is 0 Å². The molecule has 1 amide bonds. The zero-order chi connectivity index (χ0) is 19.7. The molecule has 1 aliphatic carbocycles. The van der Waals surface area contributed by atoms with E-state index in [1.54, 1.807) is 18.0 Å². The van der Waals surface area contributed by atoms with Gasteiger partial charge in [0, 0.05) is 18.0 Å². The number of carbonyl (C=O) groups excluding carboxylic acids is 2. The van der Waals surface area contributed by atoms with Gasteiger partial charge in [0.1, 0.15) is 5.69 Å². The fraction of sp³-hybridized carbons (Fsp3) is 0.304. The fourth-order valence-electron chi connectivity index (χ4n) is 3.96. The van der Waals surface area contributed by atoms with Crippen molar-refractivity contribution in [2.24, 2.45) is 0 Å². The third-order valence-electron chi connectivity index (χ3n) is 5.52. The molecule has 0 radical (unpaired) electrons. The minimum atomic E-state index is -0.514. The second kappa shape index (κ2) is 7.50. The fourth-order valence-corrected chi connectivity index (χ4v) is 3.96. The van der Waals surface area contributed by atoms with Gasteiger partial charge in [-0.3, -0.25) is 4.79 Å². The van der Waals surface area contributed by atoms with Crippen molar-refractivity contribution in [1.82, 2.24) is 9.88 Å². The van der Waals surface area contributed by atoms with Gasteiger partial charge >= 0.3 is 5.97 Å². The SMILES string of the molecule is Cc1ccc2cc(C(=O)OCC(=O)N(C)[C@@H]3CCCc4ccccc43)[nH]c2c1. The second-order valence-electron chi connectivity index (χ2n) is 7.46. The largest absolute Gasteiger partial charge is 0.451 e. The average Bonchev–Trinajstić information content (AvgIpc) is 3.14. The number of hydrogen-bond acceptors (Lipinski definition) is 3. The van der Waals surface area contributed by atoms with E-state index in [0.29, 0.717) is 5.69 Å². The summed E-state index contributed by atoms with van der Waals surface area (Å²) in [6.45, 7) is 1.73. The van der Waals surface area contributed by atoms with E-state index < -0.39 is 5.97 Å². The number of esters is 1. The quantitative estimate of drug-likeness (QED) is 0.695. The first-order valence-corrected chi connectivity index (χ1v) is 9.63. The molecule has 0 unspecified atom stereocenters. The van der Waals surface area contributed by atoms with Crippen LogP contribution in [0, 0.1) is 6.92 Å². The van der Waals surface area contributed by atoms with Crippen LogP contribution >= 0.6 is 0 Å². The van der Waals surface area contributed by atoms with Crippen LogP contribution in [0.15, 0.2) is 48.5 Å². The highest BCUT2D eigenvalue weighted by molar-refractivity contribution is 5.95. The summed E-state index contributed by atoms with van der Waals surface area (Å²) in [5.74, 6) is -0.707. The van der Waals surface area contributed by atoms with Crippen LogP contribution in [0.5, 0.6) is 0 Å². The van der Waals surface area contributed by atoms with Gasteiger partial charge in [-0.1, -0.05) is 36.4 Å². The van der Waals surface area contributed by atoms with Crippen molar-refractivity contribution >= 4 is 22.8 Å². The van der Waals surface area contributed by atoms with Gasteiger partial charge in [0.15, 0.2) is 6.61 Å². The number of fused-ring (bicyclic) bond motifs is 2. The summed E-state index contributed by atoms with van der Waals surface area (Å²) in [4.78, 5) is 29.8. The van der Waals surface area contributed by atoms with Crippen LogP contribution in [-0.4, -0.2) is 35.4 Å². The first-order chi connectivity index (χ1) is 13.5. The number of rotatable bonds is 4. The highest BCUT2D eigenvalue weighted by atomic mass is 16.5. The maximum Gasteiger partial charge on any atom is 0.355 e. The monoisotopic (exact) mass is 376 g/mol. The third kappa shape index (κ3) is 3.52. The lowest BCUT2D eigenvalue weighted by atomic mass is 9.87. The van der Waals surface area contributed by atoms with Gasteiger partial charge in [-0.05, 0) is 55.0 Å². The van der Waals surface area contributed by atoms with E-state index in [-0.39, 0.29) is 18.6 Å². The van der Waals surface area contributed by atoms with E-state index in [4.69, 9.17) is 4.74 Å². The van der Waals surface area contributed by atoms with E-state index in [2.05, 4.69) is 17.1 Å². The van der Waals surface area contributed by atoms with Crippen molar-refractivity contribution in [2.45, 2.75) is 32.2 Å². The molecule has 0 saturated carbocycles. The molecule has 1 atom stereocenters. The molecule has 1 aromatic heterocycles. The lowest BCUT2D eigenvalue weighted by Gasteiger charge is -2.33. The molecule has 144 valence electrons. The molecule has 3 aromatic rings. The lowest BCUT2D eigenvalue weighted by Crippen LogP contribution is -2.36. The number of aromatic amines is 1. The second-order valence-corrected chi connectivity index (χ2v) is 7.46. The van der Waals surface area contributed by atoms with E-state index in [1.165, 1.54) is 11.1 Å². The Hall–Kier alpha value is -3.08. The van der Waals surface area contributed by atoms with Crippen LogP contribution in [-0.2, 0) is 16.0 Å². The molecule has 1 heterocycles. The van der Waals surface area contributed by atoms with E-state index in [9.17, 15) is 9.59 Å². The van der Waals surface area contributed by atoms with Crippen LogP contribution in [0.3, 0.4) is 0 Å². The van der Waals surface area contributed by atoms with Crippen molar-refractivity contribution in [1.29, 1.82) is 0 Å². The summed E-state index contributed by atoms with van der Waals surface area (Å²) < 4.78 is 5.29. The Balaban J connectivity index is 1.41. The number of nitrogens with one attached hydrogen (secondary N) is 1. The molecule has 0 saturated heterocycles. The molecule has 4 rings (SSSR count). The number of benzene rings is 2. The Kier molecular flexibility index (Phi) is 4.90. The molecular weight excluding hydrogens is 352 g/mol. The Morgan fingerprint density at radius 3 is 2.86 bits per heavy atom. The highest BCUT2D eigenvalue weighted by Gasteiger charge is 2.27. The first-order valence-electron chi connectivity index (χ1n) is 9.63. The molecular formula is C23H24N2O3. The molecule has 0 aliphatic heterocycles. The van der Waals surface area contributed by atoms with Gasteiger partial charge in [-0.25, -0.2) is 4.79 Å².